The third kappa shape index (κ3) is 5.46. The topological polar surface area (TPSA) is 41.1 Å². The lowest BCUT2D eigenvalue weighted by Gasteiger charge is -2.25. The smallest absolute Gasteiger partial charge is 0.131 e. The highest BCUT2D eigenvalue weighted by Gasteiger charge is 2.14. The van der Waals surface area contributed by atoms with Crippen LogP contribution in [0.15, 0.2) is 18.9 Å². The molecule has 0 fully saturated rings. The molecule has 4 heteroatoms. The summed E-state index contributed by atoms with van der Waals surface area (Å²) >= 11 is 0. The summed E-state index contributed by atoms with van der Waals surface area (Å²) in [5, 5.41) is 3.45. The number of hydrogen-bond acceptors (Lipinski definition) is 4. The van der Waals surface area contributed by atoms with Crippen molar-refractivity contribution in [3.63, 3.8) is 0 Å². The number of hydrogen-bond donors (Lipinski definition) is 1. The fraction of sp³-hybridized carbons (Fsp3) is 0.647. The van der Waals surface area contributed by atoms with Gasteiger partial charge in [0.1, 0.15) is 5.82 Å². The third-order valence-corrected chi connectivity index (χ3v) is 3.28. The van der Waals surface area contributed by atoms with Crippen molar-refractivity contribution in [2.45, 2.75) is 53.0 Å². The molecular formula is C17H30N4. The molecule has 21 heavy (non-hydrogen) atoms. The van der Waals surface area contributed by atoms with Crippen molar-refractivity contribution in [1.82, 2.24) is 15.3 Å². The molecule has 0 bridgehead atoms. The number of nitrogens with one attached hydrogen (secondary N) is 1. The summed E-state index contributed by atoms with van der Waals surface area (Å²) in [6, 6.07) is 0. The second kappa shape index (κ2) is 9.50. The Morgan fingerprint density at radius 1 is 1.33 bits per heavy atom. The van der Waals surface area contributed by atoms with Crippen LogP contribution in [0.1, 0.15) is 58.0 Å². The Kier molecular flexibility index (Phi) is 7.98. The van der Waals surface area contributed by atoms with Gasteiger partial charge in [0.25, 0.3) is 0 Å². The molecular weight excluding hydrogens is 260 g/mol. The monoisotopic (exact) mass is 290 g/mol. The third-order valence-electron chi connectivity index (χ3n) is 3.28. The standard InChI is InChI=1S/C17H30N4/c1-6-9-18-12-15-16(21(10-7-2)11-8-3)13-19-17(20-15)14(4)5/h7,13-14,18H,2,6,8-12H2,1,3-5H3. The Labute approximate surface area is 129 Å². The van der Waals surface area contributed by atoms with Crippen LogP contribution in [0.2, 0.25) is 0 Å². The van der Waals surface area contributed by atoms with E-state index >= 15 is 0 Å². The van der Waals surface area contributed by atoms with E-state index in [0.717, 1.165) is 56.2 Å². The lowest BCUT2D eigenvalue weighted by atomic mass is 10.2. The second-order valence-corrected chi connectivity index (χ2v) is 5.63. The molecule has 0 aliphatic heterocycles. The van der Waals surface area contributed by atoms with Crippen molar-refractivity contribution in [2.24, 2.45) is 0 Å². The van der Waals surface area contributed by atoms with Gasteiger partial charge in [-0.3, -0.25) is 0 Å². The van der Waals surface area contributed by atoms with Crippen LogP contribution in [0, 0.1) is 0 Å². The van der Waals surface area contributed by atoms with Crippen LogP contribution in [0.3, 0.4) is 0 Å². The van der Waals surface area contributed by atoms with Gasteiger partial charge in [-0.05, 0) is 19.4 Å². The van der Waals surface area contributed by atoms with Crippen LogP contribution in [0.5, 0.6) is 0 Å². The zero-order valence-electron chi connectivity index (χ0n) is 14.0. The molecule has 0 saturated heterocycles. The van der Waals surface area contributed by atoms with Gasteiger partial charge in [0.15, 0.2) is 0 Å². The number of anilines is 1. The van der Waals surface area contributed by atoms with E-state index in [1.165, 1.54) is 0 Å². The van der Waals surface area contributed by atoms with Crippen LogP contribution in [0.25, 0.3) is 0 Å². The quantitative estimate of drug-likeness (QED) is 0.529. The molecule has 0 amide bonds. The summed E-state index contributed by atoms with van der Waals surface area (Å²) in [4.78, 5) is 11.6. The second-order valence-electron chi connectivity index (χ2n) is 5.63. The van der Waals surface area contributed by atoms with Crippen molar-refractivity contribution >= 4 is 5.69 Å². The minimum atomic E-state index is 0.350. The summed E-state index contributed by atoms with van der Waals surface area (Å²) in [5.41, 5.74) is 2.22. The van der Waals surface area contributed by atoms with Gasteiger partial charge in [0, 0.05) is 25.6 Å². The molecule has 118 valence electrons. The first-order valence-corrected chi connectivity index (χ1v) is 8.06. The van der Waals surface area contributed by atoms with Crippen LogP contribution in [0.4, 0.5) is 5.69 Å². The maximum atomic E-state index is 4.78. The largest absolute Gasteiger partial charge is 0.365 e. The lowest BCUT2D eigenvalue weighted by Crippen LogP contribution is -2.28. The van der Waals surface area contributed by atoms with Gasteiger partial charge in [-0.1, -0.05) is 33.8 Å². The Hall–Kier alpha value is -1.42. The van der Waals surface area contributed by atoms with Crippen molar-refractivity contribution in [2.75, 3.05) is 24.5 Å². The summed E-state index contributed by atoms with van der Waals surface area (Å²) in [6.07, 6.45) is 6.14. The van der Waals surface area contributed by atoms with Crippen LogP contribution in [-0.2, 0) is 6.54 Å². The van der Waals surface area contributed by atoms with E-state index < -0.39 is 0 Å². The van der Waals surface area contributed by atoms with Crippen LogP contribution in [-0.4, -0.2) is 29.6 Å². The molecule has 0 aliphatic rings. The molecule has 1 heterocycles. The van der Waals surface area contributed by atoms with Crippen LogP contribution < -0.4 is 10.2 Å². The van der Waals surface area contributed by atoms with Gasteiger partial charge in [-0.25, -0.2) is 9.97 Å². The highest BCUT2D eigenvalue weighted by atomic mass is 15.1. The molecule has 1 aromatic heterocycles. The maximum Gasteiger partial charge on any atom is 0.131 e. The fourth-order valence-corrected chi connectivity index (χ4v) is 2.22. The van der Waals surface area contributed by atoms with Gasteiger partial charge < -0.3 is 10.2 Å². The zero-order chi connectivity index (χ0) is 15.7. The van der Waals surface area contributed by atoms with Crippen molar-refractivity contribution in [3.8, 4) is 0 Å². The number of aromatic nitrogens is 2. The Balaban J connectivity index is 3.05. The van der Waals surface area contributed by atoms with Crippen LogP contribution >= 0.6 is 0 Å². The summed E-state index contributed by atoms with van der Waals surface area (Å²) < 4.78 is 0. The summed E-state index contributed by atoms with van der Waals surface area (Å²) in [6.45, 7) is 16.1. The van der Waals surface area contributed by atoms with Gasteiger partial charge in [-0.15, -0.1) is 6.58 Å². The van der Waals surface area contributed by atoms with E-state index in [0.29, 0.717) is 5.92 Å². The normalized spacial score (nSPS) is 10.9. The SMILES string of the molecule is C=CCN(CCC)c1cnc(C(C)C)nc1CNCCC. The van der Waals surface area contributed by atoms with Crippen molar-refractivity contribution < 1.29 is 0 Å². The molecule has 1 rings (SSSR count). The predicted molar refractivity (Wildman–Crippen MR) is 90.8 cm³/mol. The molecule has 0 unspecified atom stereocenters. The molecule has 0 atom stereocenters. The Morgan fingerprint density at radius 3 is 2.67 bits per heavy atom. The minimum Gasteiger partial charge on any atom is -0.365 e. The maximum absolute atomic E-state index is 4.78. The van der Waals surface area contributed by atoms with Crippen molar-refractivity contribution in [1.29, 1.82) is 0 Å². The van der Waals surface area contributed by atoms with E-state index in [-0.39, 0.29) is 0 Å². The van der Waals surface area contributed by atoms with Crippen molar-refractivity contribution in [3.05, 3.63) is 30.4 Å². The fourth-order valence-electron chi connectivity index (χ4n) is 2.22. The van der Waals surface area contributed by atoms with E-state index in [2.05, 4.69) is 49.5 Å². The average Bonchev–Trinajstić information content (AvgIpc) is 2.47. The number of nitrogens with zero attached hydrogens (tertiary/aromatic N) is 3. The van der Waals surface area contributed by atoms with Gasteiger partial charge >= 0.3 is 0 Å². The Bertz CT molecular complexity index is 429. The molecule has 4 nitrogen and oxygen atoms in total. The Morgan fingerprint density at radius 2 is 2.10 bits per heavy atom. The first-order valence-electron chi connectivity index (χ1n) is 8.06. The van der Waals surface area contributed by atoms with E-state index in [4.69, 9.17) is 4.98 Å². The molecule has 0 aromatic carbocycles. The molecule has 0 aliphatic carbocycles. The number of rotatable bonds is 10. The summed E-state index contributed by atoms with van der Waals surface area (Å²) in [5.74, 6) is 1.27. The first kappa shape index (κ1) is 17.6. The van der Waals surface area contributed by atoms with E-state index in [1.54, 1.807) is 0 Å². The van der Waals surface area contributed by atoms with E-state index in [1.807, 2.05) is 12.3 Å². The molecule has 1 N–H and O–H groups in total. The zero-order valence-corrected chi connectivity index (χ0v) is 14.0. The first-order chi connectivity index (χ1) is 10.1. The highest BCUT2D eigenvalue weighted by Crippen LogP contribution is 2.21. The highest BCUT2D eigenvalue weighted by molar-refractivity contribution is 5.49. The molecule has 1 aromatic rings. The van der Waals surface area contributed by atoms with Gasteiger partial charge in [0.05, 0.1) is 17.6 Å². The molecule has 0 spiro atoms. The predicted octanol–water partition coefficient (Wildman–Crippen LogP) is 3.50. The minimum absolute atomic E-state index is 0.350. The van der Waals surface area contributed by atoms with Gasteiger partial charge in [-0.2, -0.15) is 0 Å². The molecule has 0 saturated carbocycles. The van der Waals surface area contributed by atoms with Gasteiger partial charge in [0.2, 0.25) is 0 Å². The average molecular weight is 290 g/mol. The summed E-state index contributed by atoms with van der Waals surface area (Å²) in [7, 11) is 0. The molecule has 0 radical (unpaired) electrons. The lowest BCUT2D eigenvalue weighted by molar-refractivity contribution is 0.648. The van der Waals surface area contributed by atoms with E-state index in [9.17, 15) is 0 Å².